The van der Waals surface area contributed by atoms with Crippen LogP contribution in [0.5, 0.6) is 0 Å². The molecule has 0 saturated heterocycles. The third-order valence-electron chi connectivity index (χ3n) is 4.04. The zero-order chi connectivity index (χ0) is 14.4. The van der Waals surface area contributed by atoms with Crippen molar-refractivity contribution >= 4 is 11.8 Å². The van der Waals surface area contributed by atoms with Gasteiger partial charge in [0.25, 0.3) is 0 Å². The highest BCUT2D eigenvalue weighted by Gasteiger charge is 2.20. The van der Waals surface area contributed by atoms with Gasteiger partial charge in [-0.2, -0.15) is 0 Å². The molecular formula is C17H28N2S. The van der Waals surface area contributed by atoms with Crippen LogP contribution in [-0.4, -0.2) is 36.3 Å². The van der Waals surface area contributed by atoms with E-state index in [2.05, 4.69) is 49.2 Å². The molecule has 0 aliphatic heterocycles. The van der Waals surface area contributed by atoms with E-state index in [1.807, 2.05) is 11.8 Å². The lowest BCUT2D eigenvalue weighted by atomic mass is 10.1. The first-order valence-corrected chi connectivity index (χ1v) is 8.89. The Balaban J connectivity index is 1.78. The van der Waals surface area contributed by atoms with E-state index in [9.17, 15) is 0 Å². The fourth-order valence-electron chi connectivity index (χ4n) is 2.33. The van der Waals surface area contributed by atoms with Gasteiger partial charge in [0.05, 0.1) is 0 Å². The summed E-state index contributed by atoms with van der Waals surface area (Å²) in [6.07, 6.45) is 2.72. The summed E-state index contributed by atoms with van der Waals surface area (Å²) in [5.74, 6) is 1.18. The summed E-state index contributed by atoms with van der Waals surface area (Å²) in [5.41, 5.74) is 2.87. The molecule has 20 heavy (non-hydrogen) atoms. The number of hydrogen-bond acceptors (Lipinski definition) is 3. The monoisotopic (exact) mass is 292 g/mol. The Morgan fingerprint density at radius 1 is 1.25 bits per heavy atom. The van der Waals surface area contributed by atoms with Gasteiger partial charge in [0, 0.05) is 29.8 Å². The topological polar surface area (TPSA) is 15.3 Å². The maximum Gasteiger partial charge on any atom is 0.0210 e. The predicted octanol–water partition coefficient (Wildman–Crippen LogP) is 3.68. The average Bonchev–Trinajstić information content (AvgIpc) is 3.27. The summed E-state index contributed by atoms with van der Waals surface area (Å²) in [6.45, 7) is 11.2. The SMILES string of the molecule is CCN(CC)CCSc1ccc(CNC2CC2)c(C)c1. The van der Waals surface area contributed by atoms with E-state index < -0.39 is 0 Å². The average molecular weight is 292 g/mol. The number of rotatable bonds is 9. The van der Waals surface area contributed by atoms with Crippen molar-refractivity contribution in [1.29, 1.82) is 0 Å². The number of thioether (sulfide) groups is 1. The van der Waals surface area contributed by atoms with Crippen molar-refractivity contribution in [3.05, 3.63) is 29.3 Å². The van der Waals surface area contributed by atoms with Gasteiger partial charge in [-0.1, -0.05) is 19.9 Å². The van der Waals surface area contributed by atoms with Gasteiger partial charge in [0.15, 0.2) is 0 Å². The smallest absolute Gasteiger partial charge is 0.0210 e. The Morgan fingerprint density at radius 3 is 2.60 bits per heavy atom. The van der Waals surface area contributed by atoms with E-state index in [0.717, 1.165) is 25.7 Å². The van der Waals surface area contributed by atoms with Gasteiger partial charge in [-0.05, 0) is 56.1 Å². The zero-order valence-electron chi connectivity index (χ0n) is 13.1. The highest BCUT2D eigenvalue weighted by Crippen LogP contribution is 2.23. The minimum Gasteiger partial charge on any atom is -0.310 e. The third-order valence-corrected chi connectivity index (χ3v) is 5.02. The molecule has 0 spiro atoms. The second-order valence-corrected chi connectivity index (χ2v) is 6.79. The molecule has 1 aromatic rings. The van der Waals surface area contributed by atoms with Crippen LogP contribution in [0.2, 0.25) is 0 Å². The number of hydrogen-bond donors (Lipinski definition) is 1. The quantitative estimate of drug-likeness (QED) is 0.699. The van der Waals surface area contributed by atoms with Crippen LogP contribution in [0.15, 0.2) is 23.1 Å². The third kappa shape index (κ3) is 5.12. The Morgan fingerprint density at radius 2 is 2.00 bits per heavy atom. The van der Waals surface area contributed by atoms with E-state index in [1.54, 1.807) is 0 Å². The Bertz CT molecular complexity index is 411. The summed E-state index contributed by atoms with van der Waals surface area (Å²) >= 11 is 1.98. The molecule has 1 aliphatic carbocycles. The minimum absolute atomic E-state index is 0.789. The highest BCUT2D eigenvalue weighted by molar-refractivity contribution is 7.99. The second kappa shape index (κ2) is 8.06. The lowest BCUT2D eigenvalue weighted by Gasteiger charge is -2.17. The summed E-state index contributed by atoms with van der Waals surface area (Å²) in [6, 6.07) is 7.71. The van der Waals surface area contributed by atoms with E-state index in [1.165, 1.54) is 41.2 Å². The normalized spacial score (nSPS) is 15.0. The second-order valence-electron chi connectivity index (χ2n) is 5.62. The van der Waals surface area contributed by atoms with Crippen LogP contribution >= 0.6 is 11.8 Å². The van der Waals surface area contributed by atoms with Crippen molar-refractivity contribution in [3.63, 3.8) is 0 Å². The number of nitrogens with one attached hydrogen (secondary N) is 1. The highest BCUT2D eigenvalue weighted by atomic mass is 32.2. The Hall–Kier alpha value is -0.510. The number of aryl methyl sites for hydroxylation is 1. The van der Waals surface area contributed by atoms with Crippen LogP contribution in [0, 0.1) is 6.92 Å². The Kier molecular flexibility index (Phi) is 6.40. The summed E-state index contributed by atoms with van der Waals surface area (Å²) in [4.78, 5) is 3.89. The van der Waals surface area contributed by atoms with Crippen LogP contribution in [0.3, 0.4) is 0 Å². The van der Waals surface area contributed by atoms with Gasteiger partial charge in [0.2, 0.25) is 0 Å². The molecule has 3 heteroatoms. The standard InChI is InChI=1S/C17H28N2S/c1-4-19(5-2)10-11-20-17-9-6-15(14(3)12-17)13-18-16-7-8-16/h6,9,12,16,18H,4-5,7-8,10-11,13H2,1-3H3. The molecule has 0 aromatic heterocycles. The van der Waals surface area contributed by atoms with Crippen LogP contribution in [-0.2, 0) is 6.54 Å². The van der Waals surface area contributed by atoms with Gasteiger partial charge in [-0.25, -0.2) is 0 Å². The van der Waals surface area contributed by atoms with Crippen LogP contribution in [0.25, 0.3) is 0 Å². The van der Waals surface area contributed by atoms with Crippen molar-refractivity contribution in [1.82, 2.24) is 10.2 Å². The number of nitrogens with zero attached hydrogens (tertiary/aromatic N) is 1. The molecule has 0 heterocycles. The maximum absolute atomic E-state index is 3.59. The molecular weight excluding hydrogens is 264 g/mol. The van der Waals surface area contributed by atoms with E-state index in [-0.39, 0.29) is 0 Å². The van der Waals surface area contributed by atoms with Crippen LogP contribution in [0.4, 0.5) is 0 Å². The van der Waals surface area contributed by atoms with Gasteiger partial charge in [-0.15, -0.1) is 11.8 Å². The van der Waals surface area contributed by atoms with Gasteiger partial charge < -0.3 is 10.2 Å². The first-order chi connectivity index (χ1) is 9.72. The molecule has 2 nitrogen and oxygen atoms in total. The summed E-state index contributed by atoms with van der Waals surface area (Å²) in [5, 5.41) is 3.59. The molecule has 0 amide bonds. The molecule has 2 rings (SSSR count). The molecule has 1 N–H and O–H groups in total. The minimum atomic E-state index is 0.789. The van der Waals surface area contributed by atoms with E-state index in [4.69, 9.17) is 0 Å². The van der Waals surface area contributed by atoms with Crippen molar-refractivity contribution in [2.45, 2.75) is 51.1 Å². The van der Waals surface area contributed by atoms with Crippen molar-refractivity contribution in [2.75, 3.05) is 25.4 Å². The van der Waals surface area contributed by atoms with Gasteiger partial charge >= 0.3 is 0 Å². The molecule has 0 atom stereocenters. The first kappa shape index (κ1) is 15.9. The van der Waals surface area contributed by atoms with Crippen molar-refractivity contribution < 1.29 is 0 Å². The van der Waals surface area contributed by atoms with Crippen molar-refractivity contribution in [2.24, 2.45) is 0 Å². The molecule has 0 radical (unpaired) electrons. The molecule has 1 fully saturated rings. The molecule has 0 unspecified atom stereocenters. The maximum atomic E-state index is 3.59. The largest absolute Gasteiger partial charge is 0.310 e. The first-order valence-electron chi connectivity index (χ1n) is 7.91. The van der Waals surface area contributed by atoms with Crippen LogP contribution in [0.1, 0.15) is 37.8 Å². The molecule has 1 aliphatic rings. The Labute approximate surface area is 128 Å². The number of benzene rings is 1. The van der Waals surface area contributed by atoms with Crippen LogP contribution < -0.4 is 5.32 Å². The fraction of sp³-hybridized carbons (Fsp3) is 0.647. The molecule has 1 aromatic carbocycles. The molecule has 0 bridgehead atoms. The van der Waals surface area contributed by atoms with E-state index in [0.29, 0.717) is 0 Å². The lowest BCUT2D eigenvalue weighted by Crippen LogP contribution is -2.25. The molecule has 112 valence electrons. The predicted molar refractivity (Wildman–Crippen MR) is 89.6 cm³/mol. The summed E-state index contributed by atoms with van der Waals surface area (Å²) in [7, 11) is 0. The van der Waals surface area contributed by atoms with Gasteiger partial charge in [0.1, 0.15) is 0 Å². The zero-order valence-corrected chi connectivity index (χ0v) is 13.9. The van der Waals surface area contributed by atoms with Gasteiger partial charge in [-0.3, -0.25) is 0 Å². The van der Waals surface area contributed by atoms with Crippen molar-refractivity contribution in [3.8, 4) is 0 Å². The molecule has 1 saturated carbocycles. The fourth-order valence-corrected chi connectivity index (χ4v) is 3.34. The summed E-state index contributed by atoms with van der Waals surface area (Å²) < 4.78 is 0. The van der Waals surface area contributed by atoms with E-state index >= 15 is 0 Å². The lowest BCUT2D eigenvalue weighted by molar-refractivity contribution is 0.324.